The van der Waals surface area contributed by atoms with Crippen LogP contribution < -0.4 is 16.4 Å². The van der Waals surface area contributed by atoms with Crippen molar-refractivity contribution in [2.45, 2.75) is 32.7 Å². The zero-order valence-corrected chi connectivity index (χ0v) is 18.1. The van der Waals surface area contributed by atoms with Crippen molar-refractivity contribution in [1.29, 1.82) is 5.26 Å². The summed E-state index contributed by atoms with van der Waals surface area (Å²) >= 11 is 0. The summed E-state index contributed by atoms with van der Waals surface area (Å²) in [6.07, 6.45) is 7.52. The van der Waals surface area contributed by atoms with Crippen LogP contribution in [0.4, 0.5) is 11.5 Å². The maximum absolute atomic E-state index is 12.2. The third kappa shape index (κ3) is 5.46. The first kappa shape index (κ1) is 22.4. The van der Waals surface area contributed by atoms with Gasteiger partial charge in [-0.2, -0.15) is 5.26 Å². The molecule has 4 N–H and O–H groups in total. The van der Waals surface area contributed by atoms with Gasteiger partial charge in [0.05, 0.1) is 12.5 Å². The van der Waals surface area contributed by atoms with E-state index in [0.29, 0.717) is 11.5 Å². The molecule has 0 atom stereocenters. The standard InChI is InChI=1S/C24H24N6O2/c1-15-6-9-27-13-18(15)16-10-17-12-21(28-14-19(17)20(26)11-16)29-22(31)4-5-23(32)30-24(2,3)7-8-25/h4-6,9-14H,7,26H2,1-3H3,(H,30,32)(H,28,29,31)/b5-4+. The number of benzene rings is 1. The SMILES string of the molecule is Cc1ccncc1-c1cc(N)c2cnc(NC(=O)/C=C/C(=O)NC(C)(C)CC#N)cc2c1. The van der Waals surface area contributed by atoms with Crippen LogP contribution in [-0.4, -0.2) is 27.3 Å². The monoisotopic (exact) mass is 428 g/mol. The first-order chi connectivity index (χ1) is 15.2. The Morgan fingerprint density at radius 3 is 2.66 bits per heavy atom. The highest BCUT2D eigenvalue weighted by Crippen LogP contribution is 2.31. The largest absolute Gasteiger partial charge is 0.398 e. The quantitative estimate of drug-likeness (QED) is 0.406. The van der Waals surface area contributed by atoms with E-state index >= 15 is 0 Å². The van der Waals surface area contributed by atoms with Gasteiger partial charge < -0.3 is 16.4 Å². The van der Waals surface area contributed by atoms with Crippen LogP contribution in [0.25, 0.3) is 21.9 Å². The van der Waals surface area contributed by atoms with Gasteiger partial charge in [0.2, 0.25) is 11.8 Å². The number of nitriles is 1. The van der Waals surface area contributed by atoms with E-state index < -0.39 is 17.4 Å². The lowest BCUT2D eigenvalue weighted by molar-refractivity contribution is -0.118. The summed E-state index contributed by atoms with van der Waals surface area (Å²) in [6.45, 7) is 5.46. The Labute approximate surface area is 186 Å². The summed E-state index contributed by atoms with van der Waals surface area (Å²) in [5.74, 6) is -0.634. The van der Waals surface area contributed by atoms with E-state index in [4.69, 9.17) is 11.0 Å². The Kier molecular flexibility index (Phi) is 6.50. The van der Waals surface area contributed by atoms with Crippen LogP contribution in [0.15, 0.2) is 55.0 Å². The molecular weight excluding hydrogens is 404 g/mol. The molecule has 0 saturated carbocycles. The smallest absolute Gasteiger partial charge is 0.249 e. The summed E-state index contributed by atoms with van der Waals surface area (Å²) in [5.41, 5.74) is 9.07. The lowest BCUT2D eigenvalue weighted by Gasteiger charge is -2.21. The van der Waals surface area contributed by atoms with E-state index in [-0.39, 0.29) is 6.42 Å². The van der Waals surface area contributed by atoms with Gasteiger partial charge in [-0.3, -0.25) is 14.6 Å². The Hall–Kier alpha value is -4.25. The number of nitrogens with two attached hydrogens (primary N) is 1. The van der Waals surface area contributed by atoms with E-state index in [0.717, 1.165) is 39.6 Å². The lowest BCUT2D eigenvalue weighted by Crippen LogP contribution is -2.42. The molecule has 0 radical (unpaired) electrons. The molecule has 0 saturated heterocycles. The van der Waals surface area contributed by atoms with E-state index in [9.17, 15) is 9.59 Å². The molecule has 1 aromatic carbocycles. The number of hydrogen-bond donors (Lipinski definition) is 3. The van der Waals surface area contributed by atoms with Crippen LogP contribution >= 0.6 is 0 Å². The third-order valence-corrected chi connectivity index (χ3v) is 4.84. The third-order valence-electron chi connectivity index (χ3n) is 4.84. The second-order valence-electron chi connectivity index (χ2n) is 8.08. The maximum atomic E-state index is 12.2. The highest BCUT2D eigenvalue weighted by molar-refractivity contribution is 6.04. The molecule has 2 heterocycles. The van der Waals surface area contributed by atoms with E-state index in [2.05, 4.69) is 20.6 Å². The van der Waals surface area contributed by atoms with Gasteiger partial charge in [-0.25, -0.2) is 4.98 Å². The van der Waals surface area contributed by atoms with Crippen LogP contribution in [0.5, 0.6) is 0 Å². The molecule has 0 spiro atoms. The summed E-state index contributed by atoms with van der Waals surface area (Å²) in [5, 5.41) is 15.7. The number of pyridine rings is 2. The predicted molar refractivity (Wildman–Crippen MR) is 124 cm³/mol. The molecule has 2 aromatic heterocycles. The summed E-state index contributed by atoms with van der Waals surface area (Å²) < 4.78 is 0. The minimum atomic E-state index is -0.684. The molecule has 3 aromatic rings. The molecule has 0 aliphatic heterocycles. The van der Waals surface area contributed by atoms with Gasteiger partial charge in [-0.05, 0) is 61.5 Å². The van der Waals surface area contributed by atoms with Crippen molar-refractivity contribution in [2.24, 2.45) is 0 Å². The average molecular weight is 428 g/mol. The van der Waals surface area contributed by atoms with Gasteiger partial charge in [-0.1, -0.05) is 0 Å². The van der Waals surface area contributed by atoms with E-state index in [1.807, 2.05) is 31.2 Å². The number of nitrogen functional groups attached to an aromatic ring is 1. The van der Waals surface area contributed by atoms with Crippen molar-refractivity contribution in [3.8, 4) is 17.2 Å². The number of anilines is 2. The van der Waals surface area contributed by atoms with Crippen molar-refractivity contribution in [2.75, 3.05) is 11.1 Å². The van der Waals surface area contributed by atoms with Gasteiger partial charge >= 0.3 is 0 Å². The van der Waals surface area contributed by atoms with Gasteiger partial charge in [0.15, 0.2) is 0 Å². The van der Waals surface area contributed by atoms with Crippen molar-refractivity contribution >= 4 is 34.1 Å². The Bertz CT molecular complexity index is 1260. The number of aromatic nitrogens is 2. The number of fused-ring (bicyclic) bond motifs is 1. The van der Waals surface area contributed by atoms with Crippen molar-refractivity contribution in [3.05, 3.63) is 60.6 Å². The summed E-state index contributed by atoms with van der Waals surface area (Å²) in [7, 11) is 0. The second-order valence-corrected chi connectivity index (χ2v) is 8.08. The molecule has 0 aliphatic carbocycles. The molecule has 0 aliphatic rings. The molecule has 32 heavy (non-hydrogen) atoms. The number of carbonyl (C=O) groups excluding carboxylic acids is 2. The first-order valence-corrected chi connectivity index (χ1v) is 9.97. The molecule has 0 fully saturated rings. The topological polar surface area (TPSA) is 134 Å². The molecule has 8 nitrogen and oxygen atoms in total. The van der Waals surface area contributed by atoms with Crippen LogP contribution in [0.2, 0.25) is 0 Å². The molecule has 0 bridgehead atoms. The normalized spacial score (nSPS) is 11.3. The Morgan fingerprint density at radius 2 is 1.94 bits per heavy atom. The number of nitrogens with zero attached hydrogens (tertiary/aromatic N) is 3. The van der Waals surface area contributed by atoms with Gasteiger partial charge in [0, 0.05) is 52.9 Å². The fraction of sp³-hybridized carbons (Fsp3) is 0.208. The minimum Gasteiger partial charge on any atom is -0.398 e. The Morgan fingerprint density at radius 1 is 1.19 bits per heavy atom. The van der Waals surface area contributed by atoms with E-state index in [1.165, 1.54) is 0 Å². The van der Waals surface area contributed by atoms with Gasteiger partial charge in [-0.15, -0.1) is 0 Å². The molecule has 3 rings (SSSR count). The molecular formula is C24H24N6O2. The number of rotatable bonds is 6. The number of nitrogens with one attached hydrogen (secondary N) is 2. The highest BCUT2D eigenvalue weighted by Gasteiger charge is 2.18. The number of aryl methyl sites for hydroxylation is 1. The van der Waals surface area contributed by atoms with E-state index in [1.54, 1.807) is 38.5 Å². The summed E-state index contributed by atoms with van der Waals surface area (Å²) in [4.78, 5) is 32.7. The van der Waals surface area contributed by atoms with Crippen molar-refractivity contribution in [1.82, 2.24) is 15.3 Å². The van der Waals surface area contributed by atoms with Crippen molar-refractivity contribution < 1.29 is 9.59 Å². The fourth-order valence-corrected chi connectivity index (χ4v) is 3.21. The summed E-state index contributed by atoms with van der Waals surface area (Å²) in [6, 6.07) is 9.50. The fourth-order valence-electron chi connectivity index (χ4n) is 3.21. The Balaban J connectivity index is 1.78. The lowest BCUT2D eigenvalue weighted by atomic mass is 9.99. The molecule has 2 amide bonds. The van der Waals surface area contributed by atoms with Gasteiger partial charge in [0.25, 0.3) is 0 Å². The number of hydrogen-bond acceptors (Lipinski definition) is 6. The average Bonchev–Trinajstić information content (AvgIpc) is 2.72. The molecule has 8 heteroatoms. The molecule has 0 unspecified atom stereocenters. The second kappa shape index (κ2) is 9.27. The predicted octanol–water partition coefficient (Wildman–Crippen LogP) is 3.49. The van der Waals surface area contributed by atoms with Crippen LogP contribution in [0.3, 0.4) is 0 Å². The number of carbonyl (C=O) groups is 2. The van der Waals surface area contributed by atoms with Crippen molar-refractivity contribution in [3.63, 3.8) is 0 Å². The van der Waals surface area contributed by atoms with Crippen LogP contribution in [0.1, 0.15) is 25.8 Å². The van der Waals surface area contributed by atoms with Crippen LogP contribution in [0, 0.1) is 18.3 Å². The number of amides is 2. The van der Waals surface area contributed by atoms with Gasteiger partial charge in [0.1, 0.15) is 5.82 Å². The molecule has 162 valence electrons. The maximum Gasteiger partial charge on any atom is 0.249 e. The zero-order valence-electron chi connectivity index (χ0n) is 18.1. The first-order valence-electron chi connectivity index (χ1n) is 9.97. The zero-order chi connectivity index (χ0) is 23.3. The minimum absolute atomic E-state index is 0.156. The highest BCUT2D eigenvalue weighted by atomic mass is 16.2. The van der Waals surface area contributed by atoms with Crippen LogP contribution in [-0.2, 0) is 9.59 Å².